The normalized spacial score (nSPS) is 13.7. The summed E-state index contributed by atoms with van der Waals surface area (Å²) in [6.45, 7) is 14.4. The van der Waals surface area contributed by atoms with Crippen LogP contribution in [0.1, 0.15) is 61.3 Å². The van der Waals surface area contributed by atoms with Crippen molar-refractivity contribution in [3.8, 4) is 0 Å². The Morgan fingerprint density at radius 1 is 0.929 bits per heavy atom. The molecule has 0 aromatic heterocycles. The van der Waals surface area contributed by atoms with Crippen molar-refractivity contribution in [1.29, 1.82) is 0 Å². The molecule has 2 heteroatoms. The van der Waals surface area contributed by atoms with E-state index in [1.165, 1.54) is 5.92 Å². The van der Waals surface area contributed by atoms with Gasteiger partial charge < -0.3 is 0 Å². The average molecular weight is 201 g/mol. The van der Waals surface area contributed by atoms with E-state index in [1.54, 1.807) is 0 Å². The van der Waals surface area contributed by atoms with Crippen molar-refractivity contribution in [3.63, 3.8) is 0 Å². The van der Waals surface area contributed by atoms with Crippen LogP contribution in [0, 0.1) is 5.92 Å². The molecule has 14 heavy (non-hydrogen) atoms. The highest BCUT2D eigenvalue weighted by atomic mass is 17.2. The monoisotopic (exact) mass is 201 g/mol. The van der Waals surface area contributed by atoms with Gasteiger partial charge in [-0.2, -0.15) is 0 Å². The van der Waals surface area contributed by atoms with E-state index >= 15 is 0 Å². The molecule has 0 aliphatic heterocycles. The van der Waals surface area contributed by atoms with Crippen LogP contribution >= 0.6 is 0 Å². The van der Waals surface area contributed by atoms with Crippen LogP contribution in [0.2, 0.25) is 0 Å². The van der Waals surface area contributed by atoms with Crippen molar-refractivity contribution in [2.45, 2.75) is 72.5 Å². The van der Waals surface area contributed by atoms with E-state index in [2.05, 4.69) is 27.7 Å². The summed E-state index contributed by atoms with van der Waals surface area (Å²) in [6.07, 6.45) is 2.08. The van der Waals surface area contributed by atoms with Crippen LogP contribution in [-0.2, 0) is 9.78 Å². The Balaban J connectivity index is 3.83. The van der Waals surface area contributed by atoms with E-state index in [0.717, 1.165) is 12.8 Å². The Labute approximate surface area is 88.9 Å². The predicted octanol–water partition coefficient (Wildman–Crippen LogP) is 3.91. The summed E-state index contributed by atoms with van der Waals surface area (Å²) in [5.41, 5.74) is -0.438. The second kappa shape index (κ2) is 5.13. The van der Waals surface area contributed by atoms with Crippen LogP contribution < -0.4 is 0 Å². The van der Waals surface area contributed by atoms with Gasteiger partial charge in [-0.25, -0.2) is 9.78 Å². The minimum atomic E-state index is -0.234. The Morgan fingerprint density at radius 2 is 1.43 bits per heavy atom. The second-order valence-corrected chi connectivity index (χ2v) is 5.75. The lowest BCUT2D eigenvalue weighted by Gasteiger charge is -2.28. The highest BCUT2D eigenvalue weighted by Gasteiger charge is 2.23. The maximum Gasteiger partial charge on any atom is 0.0980 e. The highest BCUT2D eigenvalue weighted by molar-refractivity contribution is 4.81. The summed E-state index contributed by atoms with van der Waals surface area (Å²) >= 11 is 0. The molecule has 0 amide bonds. The van der Waals surface area contributed by atoms with Gasteiger partial charge in [0.25, 0.3) is 0 Å². The largest absolute Gasteiger partial charge is 0.230 e. The zero-order chi connectivity index (χ0) is 11.4. The van der Waals surface area contributed by atoms with Crippen LogP contribution in [0.4, 0.5) is 0 Å². The van der Waals surface area contributed by atoms with Gasteiger partial charge in [0.15, 0.2) is 0 Å². The molecule has 0 atom stereocenters. The van der Waals surface area contributed by atoms with Gasteiger partial charge in [-0.05, 0) is 53.4 Å². The van der Waals surface area contributed by atoms with Gasteiger partial charge in [-0.15, -0.1) is 0 Å². The Hall–Kier alpha value is -0.0800. The maximum absolute atomic E-state index is 5.43. The smallest absolute Gasteiger partial charge is 0.0980 e. The Kier molecular flexibility index (Phi) is 5.10. The van der Waals surface area contributed by atoms with Crippen molar-refractivity contribution in [2.24, 2.45) is 0 Å². The standard InChI is InChI=1S/C12H25O2/c1-10(2)8-9-12(6,7)14-13-11(3,4)5/h8-9H2,1-7H3. The summed E-state index contributed by atoms with van der Waals surface area (Å²) in [6, 6.07) is 0. The molecule has 0 N–H and O–H groups in total. The molecule has 1 radical (unpaired) electrons. The summed E-state index contributed by atoms with van der Waals surface area (Å²) in [5.74, 6) is 1.43. The third-order valence-electron chi connectivity index (χ3n) is 1.74. The molecular weight excluding hydrogens is 176 g/mol. The first-order valence-corrected chi connectivity index (χ1v) is 5.28. The van der Waals surface area contributed by atoms with Crippen LogP contribution in [0.3, 0.4) is 0 Å². The van der Waals surface area contributed by atoms with Crippen LogP contribution in [0.25, 0.3) is 0 Å². The quantitative estimate of drug-likeness (QED) is 0.496. The van der Waals surface area contributed by atoms with Crippen molar-refractivity contribution in [2.75, 3.05) is 0 Å². The van der Waals surface area contributed by atoms with E-state index in [-0.39, 0.29) is 11.2 Å². The van der Waals surface area contributed by atoms with E-state index in [4.69, 9.17) is 9.78 Å². The van der Waals surface area contributed by atoms with Gasteiger partial charge in [0, 0.05) is 0 Å². The van der Waals surface area contributed by atoms with Crippen molar-refractivity contribution >= 4 is 0 Å². The lowest BCUT2D eigenvalue weighted by Crippen LogP contribution is -2.30. The summed E-state index contributed by atoms with van der Waals surface area (Å²) in [4.78, 5) is 10.7. The molecule has 0 saturated heterocycles. The summed E-state index contributed by atoms with van der Waals surface area (Å²) < 4.78 is 0. The SMILES string of the molecule is C[C](C)CCC(C)(C)OOC(C)(C)C. The first kappa shape index (κ1) is 13.9. The van der Waals surface area contributed by atoms with Gasteiger partial charge in [-0.3, -0.25) is 0 Å². The zero-order valence-electron chi connectivity index (χ0n) is 10.7. The van der Waals surface area contributed by atoms with Crippen molar-refractivity contribution in [1.82, 2.24) is 0 Å². The summed E-state index contributed by atoms with van der Waals surface area (Å²) in [5, 5.41) is 0. The predicted molar refractivity (Wildman–Crippen MR) is 59.8 cm³/mol. The fourth-order valence-electron chi connectivity index (χ4n) is 0.830. The van der Waals surface area contributed by atoms with E-state index in [0.29, 0.717) is 0 Å². The van der Waals surface area contributed by atoms with Crippen molar-refractivity contribution < 1.29 is 9.78 Å². The second-order valence-electron chi connectivity index (χ2n) is 5.75. The average Bonchev–Trinajstić information content (AvgIpc) is 1.97. The molecule has 0 aliphatic carbocycles. The molecule has 0 heterocycles. The summed E-state index contributed by atoms with van der Waals surface area (Å²) in [7, 11) is 0. The van der Waals surface area contributed by atoms with Gasteiger partial charge in [-0.1, -0.05) is 13.8 Å². The van der Waals surface area contributed by atoms with E-state index in [1.807, 2.05) is 20.8 Å². The highest BCUT2D eigenvalue weighted by Crippen LogP contribution is 2.23. The molecule has 0 unspecified atom stereocenters. The zero-order valence-corrected chi connectivity index (χ0v) is 10.7. The van der Waals surface area contributed by atoms with Crippen LogP contribution in [-0.4, -0.2) is 11.2 Å². The van der Waals surface area contributed by atoms with Crippen molar-refractivity contribution in [3.05, 3.63) is 5.92 Å². The fraction of sp³-hybridized carbons (Fsp3) is 0.917. The van der Waals surface area contributed by atoms with Gasteiger partial charge in [0.1, 0.15) is 0 Å². The lowest BCUT2D eigenvalue weighted by atomic mass is 9.97. The molecule has 0 fully saturated rings. The molecule has 0 spiro atoms. The van der Waals surface area contributed by atoms with Gasteiger partial charge in [0.2, 0.25) is 0 Å². The first-order chi connectivity index (χ1) is 6.12. The minimum Gasteiger partial charge on any atom is -0.230 e. The molecule has 85 valence electrons. The molecule has 0 aromatic rings. The topological polar surface area (TPSA) is 18.5 Å². The number of hydrogen-bond acceptors (Lipinski definition) is 2. The molecule has 0 bridgehead atoms. The Morgan fingerprint density at radius 3 is 1.79 bits per heavy atom. The minimum absolute atomic E-state index is 0.204. The maximum atomic E-state index is 5.43. The third-order valence-corrected chi connectivity index (χ3v) is 1.74. The molecular formula is C12H25O2. The fourth-order valence-corrected chi connectivity index (χ4v) is 0.830. The third kappa shape index (κ3) is 8.52. The molecule has 0 saturated carbocycles. The molecule has 0 aromatic carbocycles. The van der Waals surface area contributed by atoms with Crippen LogP contribution in [0.5, 0.6) is 0 Å². The molecule has 0 aliphatic rings. The number of hydrogen-bond donors (Lipinski definition) is 0. The lowest BCUT2D eigenvalue weighted by molar-refractivity contribution is -0.398. The molecule has 2 nitrogen and oxygen atoms in total. The molecule has 0 rings (SSSR count). The van der Waals surface area contributed by atoms with Gasteiger partial charge >= 0.3 is 0 Å². The van der Waals surface area contributed by atoms with E-state index in [9.17, 15) is 0 Å². The van der Waals surface area contributed by atoms with E-state index < -0.39 is 0 Å². The van der Waals surface area contributed by atoms with Gasteiger partial charge in [0.05, 0.1) is 11.2 Å². The Bertz CT molecular complexity index is 154. The first-order valence-electron chi connectivity index (χ1n) is 5.28. The van der Waals surface area contributed by atoms with Crippen LogP contribution in [0.15, 0.2) is 0 Å². The number of rotatable bonds is 5.